The van der Waals surface area contributed by atoms with E-state index in [1.165, 1.54) is 24.3 Å². The summed E-state index contributed by atoms with van der Waals surface area (Å²) in [6.45, 7) is 0. The molecule has 0 heterocycles. The lowest BCUT2D eigenvalue weighted by atomic mass is 9.99. The van der Waals surface area contributed by atoms with Crippen LogP contribution in [0.2, 0.25) is 0 Å². The number of rotatable bonds is 4. The second-order valence-electron chi connectivity index (χ2n) is 4.35. The van der Waals surface area contributed by atoms with E-state index in [1.807, 2.05) is 0 Å². The minimum absolute atomic E-state index is 0.152. The molecule has 19 heavy (non-hydrogen) atoms. The van der Waals surface area contributed by atoms with Gasteiger partial charge in [0.25, 0.3) is 0 Å². The van der Waals surface area contributed by atoms with Crippen LogP contribution in [0.15, 0.2) is 42.5 Å². The van der Waals surface area contributed by atoms with E-state index in [1.54, 1.807) is 19.2 Å². The van der Waals surface area contributed by atoms with Gasteiger partial charge in [-0.1, -0.05) is 18.2 Å². The van der Waals surface area contributed by atoms with E-state index in [2.05, 4.69) is 5.32 Å². The Morgan fingerprint density at radius 3 is 2.42 bits per heavy atom. The van der Waals surface area contributed by atoms with Gasteiger partial charge in [0.2, 0.25) is 0 Å². The largest absolute Gasteiger partial charge is 0.313 e. The lowest BCUT2D eigenvalue weighted by molar-refractivity contribution is 0.504. The molecular formula is C15H14F3N. The average molecular weight is 265 g/mol. The molecule has 0 bridgehead atoms. The van der Waals surface area contributed by atoms with E-state index in [-0.39, 0.29) is 11.9 Å². The van der Waals surface area contributed by atoms with Crippen molar-refractivity contribution in [3.8, 4) is 0 Å². The molecule has 1 N–H and O–H groups in total. The molecule has 2 rings (SSSR count). The van der Waals surface area contributed by atoms with E-state index in [4.69, 9.17) is 0 Å². The second-order valence-corrected chi connectivity index (χ2v) is 4.35. The molecule has 1 nitrogen and oxygen atoms in total. The van der Waals surface area contributed by atoms with Crippen molar-refractivity contribution in [3.05, 3.63) is 71.0 Å². The third-order valence-corrected chi connectivity index (χ3v) is 3.02. The number of hydrogen-bond acceptors (Lipinski definition) is 1. The van der Waals surface area contributed by atoms with Crippen LogP contribution in [0.1, 0.15) is 17.2 Å². The van der Waals surface area contributed by atoms with Crippen LogP contribution in [0.4, 0.5) is 13.2 Å². The van der Waals surface area contributed by atoms with E-state index in [0.717, 1.165) is 11.6 Å². The van der Waals surface area contributed by atoms with Crippen LogP contribution in [0.25, 0.3) is 0 Å². The van der Waals surface area contributed by atoms with Crippen molar-refractivity contribution in [2.45, 2.75) is 12.5 Å². The average Bonchev–Trinajstić information content (AvgIpc) is 2.40. The van der Waals surface area contributed by atoms with Crippen molar-refractivity contribution in [1.82, 2.24) is 5.32 Å². The van der Waals surface area contributed by atoms with Crippen molar-refractivity contribution in [2.24, 2.45) is 0 Å². The highest BCUT2D eigenvalue weighted by Gasteiger charge is 2.12. The molecule has 0 saturated heterocycles. The van der Waals surface area contributed by atoms with E-state index < -0.39 is 11.6 Å². The lowest BCUT2D eigenvalue weighted by Crippen LogP contribution is -2.19. The summed E-state index contributed by atoms with van der Waals surface area (Å²) in [6.07, 6.45) is 0.456. The minimum atomic E-state index is -0.869. The van der Waals surface area contributed by atoms with Crippen molar-refractivity contribution < 1.29 is 13.2 Å². The first-order valence-electron chi connectivity index (χ1n) is 5.97. The summed E-state index contributed by atoms with van der Waals surface area (Å²) < 4.78 is 39.2. The van der Waals surface area contributed by atoms with Crippen LogP contribution >= 0.6 is 0 Å². The molecule has 0 aliphatic carbocycles. The third kappa shape index (κ3) is 3.35. The molecule has 1 unspecified atom stereocenters. The summed E-state index contributed by atoms with van der Waals surface area (Å²) in [4.78, 5) is 0. The molecule has 0 amide bonds. The first kappa shape index (κ1) is 13.6. The zero-order chi connectivity index (χ0) is 13.8. The molecule has 0 fully saturated rings. The number of likely N-dealkylation sites (N-methyl/N-ethyl adjacent to an activating group) is 1. The Kier molecular flexibility index (Phi) is 4.22. The number of halogens is 3. The molecular weight excluding hydrogens is 251 g/mol. The van der Waals surface area contributed by atoms with Crippen LogP contribution in [-0.4, -0.2) is 7.05 Å². The Morgan fingerprint density at radius 2 is 1.79 bits per heavy atom. The first-order valence-corrected chi connectivity index (χ1v) is 5.97. The zero-order valence-corrected chi connectivity index (χ0v) is 10.5. The van der Waals surface area contributed by atoms with Gasteiger partial charge in [-0.3, -0.25) is 0 Å². The lowest BCUT2D eigenvalue weighted by Gasteiger charge is -2.17. The van der Waals surface area contributed by atoms with Crippen LogP contribution < -0.4 is 5.32 Å². The van der Waals surface area contributed by atoms with Crippen LogP contribution in [0.5, 0.6) is 0 Å². The van der Waals surface area contributed by atoms with Crippen LogP contribution in [-0.2, 0) is 6.42 Å². The van der Waals surface area contributed by atoms with Gasteiger partial charge in [0, 0.05) is 6.04 Å². The highest BCUT2D eigenvalue weighted by molar-refractivity contribution is 5.25. The zero-order valence-electron chi connectivity index (χ0n) is 10.5. The van der Waals surface area contributed by atoms with Crippen LogP contribution in [0.3, 0.4) is 0 Å². The number of benzene rings is 2. The van der Waals surface area contributed by atoms with Crippen molar-refractivity contribution in [1.29, 1.82) is 0 Å². The van der Waals surface area contributed by atoms with Crippen LogP contribution in [0, 0.1) is 17.5 Å². The first-order chi connectivity index (χ1) is 9.10. The summed E-state index contributed by atoms with van der Waals surface area (Å²) in [5, 5.41) is 3.05. The monoisotopic (exact) mass is 265 g/mol. The predicted octanol–water partition coefficient (Wildman–Crippen LogP) is 3.61. The molecule has 0 aliphatic rings. The molecule has 0 aromatic heterocycles. The summed E-state index contributed by atoms with van der Waals surface area (Å²) in [5.74, 6) is -2.05. The molecule has 4 heteroatoms. The molecule has 100 valence electrons. The van der Waals surface area contributed by atoms with Gasteiger partial charge in [0.15, 0.2) is 11.6 Å². The maximum Gasteiger partial charge on any atom is 0.159 e. The van der Waals surface area contributed by atoms with Crippen molar-refractivity contribution >= 4 is 0 Å². The minimum Gasteiger partial charge on any atom is -0.313 e. The highest BCUT2D eigenvalue weighted by atomic mass is 19.2. The summed E-state index contributed by atoms with van der Waals surface area (Å²) >= 11 is 0. The number of hydrogen-bond donors (Lipinski definition) is 1. The molecule has 2 aromatic carbocycles. The highest BCUT2D eigenvalue weighted by Crippen LogP contribution is 2.20. The van der Waals surface area contributed by atoms with Gasteiger partial charge in [-0.05, 0) is 48.9 Å². The fraction of sp³-hybridized carbons (Fsp3) is 0.200. The van der Waals surface area contributed by atoms with Gasteiger partial charge in [0.05, 0.1) is 0 Å². The van der Waals surface area contributed by atoms with Gasteiger partial charge >= 0.3 is 0 Å². The SMILES string of the molecule is CNC(Cc1ccc(F)c(F)c1)c1cccc(F)c1. The maximum atomic E-state index is 13.2. The molecule has 1 atom stereocenters. The van der Waals surface area contributed by atoms with E-state index >= 15 is 0 Å². The topological polar surface area (TPSA) is 12.0 Å². The smallest absolute Gasteiger partial charge is 0.159 e. The van der Waals surface area contributed by atoms with Crippen molar-refractivity contribution in [2.75, 3.05) is 7.05 Å². The quantitative estimate of drug-likeness (QED) is 0.890. The Balaban J connectivity index is 2.21. The fourth-order valence-electron chi connectivity index (χ4n) is 2.01. The second kappa shape index (κ2) is 5.89. The molecule has 2 aromatic rings. The van der Waals surface area contributed by atoms with Gasteiger partial charge in [0.1, 0.15) is 5.82 Å². The Morgan fingerprint density at radius 1 is 1.00 bits per heavy atom. The Bertz CT molecular complexity index is 569. The van der Waals surface area contributed by atoms with Gasteiger partial charge in [-0.25, -0.2) is 13.2 Å². The number of nitrogens with one attached hydrogen (secondary N) is 1. The van der Waals surface area contributed by atoms with Gasteiger partial charge < -0.3 is 5.32 Å². The molecule has 0 saturated carbocycles. The Hall–Kier alpha value is -1.81. The fourth-order valence-corrected chi connectivity index (χ4v) is 2.01. The molecule has 0 aliphatic heterocycles. The maximum absolute atomic E-state index is 13.2. The molecule has 0 spiro atoms. The third-order valence-electron chi connectivity index (χ3n) is 3.02. The van der Waals surface area contributed by atoms with Gasteiger partial charge in [-0.15, -0.1) is 0 Å². The van der Waals surface area contributed by atoms with E-state index in [9.17, 15) is 13.2 Å². The molecule has 0 radical (unpaired) electrons. The standard InChI is InChI=1S/C15H14F3N/c1-19-15(11-3-2-4-12(16)9-11)8-10-5-6-13(17)14(18)7-10/h2-7,9,15,19H,8H2,1H3. The summed E-state index contributed by atoms with van der Waals surface area (Å²) in [7, 11) is 1.75. The van der Waals surface area contributed by atoms with Crippen molar-refractivity contribution in [3.63, 3.8) is 0 Å². The Labute approximate surface area is 110 Å². The van der Waals surface area contributed by atoms with Gasteiger partial charge in [-0.2, -0.15) is 0 Å². The summed E-state index contributed by atoms with van der Waals surface area (Å²) in [6, 6.07) is 9.86. The van der Waals surface area contributed by atoms with E-state index in [0.29, 0.717) is 12.0 Å². The summed E-state index contributed by atoms with van der Waals surface area (Å²) in [5.41, 5.74) is 1.43. The normalized spacial score (nSPS) is 12.4. The predicted molar refractivity (Wildman–Crippen MR) is 68.3 cm³/mol.